The molecule has 0 atom stereocenters. The van der Waals surface area contributed by atoms with Crippen LogP contribution in [0.15, 0.2) is 42.0 Å². The van der Waals surface area contributed by atoms with E-state index >= 15 is 0 Å². The number of hydrogen-bond donors (Lipinski definition) is 3. The highest BCUT2D eigenvalue weighted by Gasteiger charge is 2.31. The lowest BCUT2D eigenvalue weighted by molar-refractivity contribution is -0.138. The Hall–Kier alpha value is -2.55. The molecule has 1 aromatic rings. The quantitative estimate of drug-likeness (QED) is 0.292. The Morgan fingerprint density at radius 3 is 2.26 bits per heavy atom. The summed E-state index contributed by atoms with van der Waals surface area (Å²) < 4.78 is 5.49. The number of carbonyl (C=O) groups is 1. The molecule has 2 saturated heterocycles. The summed E-state index contributed by atoms with van der Waals surface area (Å²) in [5, 5.41) is 14.6. The van der Waals surface area contributed by atoms with Gasteiger partial charge in [0.25, 0.3) is 0 Å². The molecule has 0 bridgehead atoms. The van der Waals surface area contributed by atoms with Crippen LogP contribution < -0.4 is 5.73 Å². The maximum Gasteiger partial charge on any atom is 0.225 e. The second-order valence-corrected chi connectivity index (χ2v) is 8.95. The van der Waals surface area contributed by atoms with E-state index in [0.717, 1.165) is 69.7 Å². The standard InChI is InChI=1S/C20H35N5O2.C6H7N/c1-3-27-16-23(2)19-7-12-25(13-8-19)20(26)18-5-10-24(11-6-18)15-17(14-22)4-9-21;7-6-4-2-1-3-5-6/h4,9,14,18-19,21-22H,3,5-8,10-13,15-16H2,1-2H3;1-5H,7H2/b17-4+,21-9?,22-14?;. The Balaban J connectivity index is 0.000000497. The Morgan fingerprint density at radius 1 is 1.12 bits per heavy atom. The van der Waals surface area contributed by atoms with Crippen LogP contribution in [0.5, 0.6) is 0 Å². The summed E-state index contributed by atoms with van der Waals surface area (Å²) in [5.74, 6) is 0.456. The van der Waals surface area contributed by atoms with Crippen molar-refractivity contribution in [1.82, 2.24) is 14.7 Å². The summed E-state index contributed by atoms with van der Waals surface area (Å²) in [6.45, 7) is 7.56. The number of likely N-dealkylation sites (tertiary alicyclic amines) is 2. The smallest absolute Gasteiger partial charge is 0.225 e. The van der Waals surface area contributed by atoms with Crippen LogP contribution in [0.25, 0.3) is 0 Å². The molecule has 1 amide bonds. The van der Waals surface area contributed by atoms with Crippen molar-refractivity contribution in [2.45, 2.75) is 38.6 Å². The van der Waals surface area contributed by atoms with Gasteiger partial charge in [0.05, 0.1) is 6.73 Å². The van der Waals surface area contributed by atoms with E-state index < -0.39 is 0 Å². The maximum atomic E-state index is 12.9. The summed E-state index contributed by atoms with van der Waals surface area (Å²) in [6.07, 6.45) is 8.02. The lowest BCUT2D eigenvalue weighted by atomic mass is 9.93. The number of anilines is 1. The molecule has 0 saturated carbocycles. The predicted octanol–water partition coefficient (Wildman–Crippen LogP) is 3.11. The number of nitrogens with zero attached hydrogens (tertiary/aromatic N) is 3. The molecule has 2 heterocycles. The van der Waals surface area contributed by atoms with Gasteiger partial charge in [-0.3, -0.25) is 14.6 Å². The van der Waals surface area contributed by atoms with Gasteiger partial charge in [-0.05, 0) is 76.5 Å². The van der Waals surface area contributed by atoms with Crippen molar-refractivity contribution in [3.8, 4) is 0 Å². The number of benzene rings is 1. The summed E-state index contributed by atoms with van der Waals surface area (Å²) in [6, 6.07) is 9.99. The minimum absolute atomic E-state index is 0.133. The number of piperidine rings is 2. The Kier molecular flexibility index (Phi) is 12.5. The average molecular weight is 471 g/mol. The highest BCUT2D eigenvalue weighted by atomic mass is 16.5. The maximum absolute atomic E-state index is 12.9. The van der Waals surface area contributed by atoms with Crippen molar-refractivity contribution in [2.75, 3.05) is 58.8 Å². The topological polar surface area (TPSA) is 110 Å². The molecular formula is C26H42N6O2. The Morgan fingerprint density at radius 2 is 1.76 bits per heavy atom. The van der Waals surface area contributed by atoms with Gasteiger partial charge >= 0.3 is 0 Å². The van der Waals surface area contributed by atoms with Crippen molar-refractivity contribution in [3.05, 3.63) is 42.0 Å². The summed E-state index contributed by atoms with van der Waals surface area (Å²) in [7, 11) is 2.10. The van der Waals surface area contributed by atoms with E-state index in [0.29, 0.717) is 25.2 Å². The van der Waals surface area contributed by atoms with Crippen LogP contribution in [-0.4, -0.2) is 92.2 Å². The van der Waals surface area contributed by atoms with Gasteiger partial charge in [-0.1, -0.05) is 18.2 Å². The molecule has 8 heteroatoms. The first-order chi connectivity index (χ1) is 16.5. The molecule has 1 aromatic carbocycles. The van der Waals surface area contributed by atoms with Gasteiger partial charge in [0.1, 0.15) is 0 Å². The van der Waals surface area contributed by atoms with E-state index in [1.54, 1.807) is 6.08 Å². The van der Waals surface area contributed by atoms with Crippen LogP contribution in [0.3, 0.4) is 0 Å². The number of para-hydroxylation sites is 1. The largest absolute Gasteiger partial charge is 0.399 e. The minimum Gasteiger partial charge on any atom is -0.399 e. The number of rotatable bonds is 9. The van der Waals surface area contributed by atoms with Crippen molar-refractivity contribution in [2.24, 2.45) is 5.92 Å². The molecule has 0 unspecified atom stereocenters. The fourth-order valence-corrected chi connectivity index (χ4v) is 4.43. The molecular weight excluding hydrogens is 428 g/mol. The molecule has 188 valence electrons. The van der Waals surface area contributed by atoms with Crippen LogP contribution in [0.2, 0.25) is 0 Å². The molecule has 34 heavy (non-hydrogen) atoms. The zero-order chi connectivity index (χ0) is 24.8. The van der Waals surface area contributed by atoms with Gasteiger partial charge in [0.15, 0.2) is 0 Å². The van der Waals surface area contributed by atoms with Crippen molar-refractivity contribution in [3.63, 3.8) is 0 Å². The summed E-state index contributed by atoms with van der Waals surface area (Å²) in [4.78, 5) is 19.5. The SMILES string of the molecule is CCOCN(C)C1CCN(C(=O)C2CCN(C/C(C=N)=C/C=N)CC2)CC1.Nc1ccccc1. The highest BCUT2D eigenvalue weighted by Crippen LogP contribution is 2.23. The normalized spacial score (nSPS) is 18.3. The van der Waals surface area contributed by atoms with Crippen molar-refractivity contribution < 1.29 is 9.53 Å². The number of carbonyl (C=O) groups excluding carboxylic acids is 1. The Labute approximate surface area is 204 Å². The third-order valence-electron chi connectivity index (χ3n) is 6.52. The predicted molar refractivity (Wildman–Crippen MR) is 140 cm³/mol. The van der Waals surface area contributed by atoms with Gasteiger partial charge in [0, 0.05) is 56.3 Å². The lowest BCUT2D eigenvalue weighted by Gasteiger charge is -2.39. The molecule has 0 aromatic heterocycles. The minimum atomic E-state index is 0.133. The van der Waals surface area contributed by atoms with Crippen molar-refractivity contribution in [1.29, 1.82) is 10.8 Å². The molecule has 8 nitrogen and oxygen atoms in total. The second kappa shape index (κ2) is 15.4. The third kappa shape index (κ3) is 9.37. The van der Waals surface area contributed by atoms with Gasteiger partial charge in [-0.2, -0.15) is 0 Å². The number of nitrogen functional groups attached to an aromatic ring is 1. The molecule has 3 rings (SSSR count). The number of nitrogens with one attached hydrogen (secondary N) is 2. The molecule has 0 aliphatic carbocycles. The number of nitrogens with two attached hydrogens (primary N) is 1. The first kappa shape index (κ1) is 27.7. The molecule has 2 aliphatic heterocycles. The average Bonchev–Trinajstić information content (AvgIpc) is 2.88. The number of ether oxygens (including phenoxy) is 1. The van der Waals surface area contributed by atoms with Gasteiger partial charge in [-0.25, -0.2) is 0 Å². The first-order valence-corrected chi connectivity index (χ1v) is 12.3. The van der Waals surface area contributed by atoms with Gasteiger partial charge in [0.2, 0.25) is 5.91 Å². The zero-order valence-electron chi connectivity index (χ0n) is 20.8. The molecule has 0 spiro atoms. The monoisotopic (exact) mass is 470 g/mol. The van der Waals surface area contributed by atoms with Crippen LogP contribution >= 0.6 is 0 Å². The molecule has 4 N–H and O–H groups in total. The van der Waals surface area contributed by atoms with Crippen LogP contribution in [-0.2, 0) is 9.53 Å². The van der Waals surface area contributed by atoms with E-state index in [-0.39, 0.29) is 5.92 Å². The number of allylic oxidation sites excluding steroid dienone is 1. The number of hydrogen-bond acceptors (Lipinski definition) is 7. The summed E-state index contributed by atoms with van der Waals surface area (Å²) in [5.41, 5.74) is 7.02. The van der Waals surface area contributed by atoms with E-state index in [1.165, 1.54) is 12.4 Å². The second-order valence-electron chi connectivity index (χ2n) is 8.95. The van der Waals surface area contributed by atoms with Crippen molar-refractivity contribution >= 4 is 24.0 Å². The summed E-state index contributed by atoms with van der Waals surface area (Å²) >= 11 is 0. The third-order valence-corrected chi connectivity index (χ3v) is 6.52. The molecule has 2 aliphatic rings. The molecule has 0 radical (unpaired) electrons. The lowest BCUT2D eigenvalue weighted by Crippen LogP contribution is -2.49. The Bertz CT molecular complexity index is 769. The van der Waals surface area contributed by atoms with Gasteiger partial charge < -0.3 is 26.2 Å². The van der Waals surface area contributed by atoms with Crippen LogP contribution in [0, 0.1) is 16.7 Å². The molecule has 2 fully saturated rings. The van der Waals surface area contributed by atoms with E-state index in [1.807, 2.05) is 37.3 Å². The van der Waals surface area contributed by atoms with Crippen LogP contribution in [0.4, 0.5) is 5.69 Å². The zero-order valence-corrected chi connectivity index (χ0v) is 20.8. The van der Waals surface area contributed by atoms with E-state index in [2.05, 4.69) is 21.7 Å². The number of amides is 1. The fourth-order valence-electron chi connectivity index (χ4n) is 4.43. The van der Waals surface area contributed by atoms with E-state index in [4.69, 9.17) is 21.3 Å². The van der Waals surface area contributed by atoms with E-state index in [9.17, 15) is 4.79 Å². The van der Waals surface area contributed by atoms with Gasteiger partial charge in [-0.15, -0.1) is 0 Å². The first-order valence-electron chi connectivity index (χ1n) is 12.3. The highest BCUT2D eigenvalue weighted by molar-refractivity contribution is 5.84. The fraction of sp³-hybridized carbons (Fsp3) is 0.577. The van der Waals surface area contributed by atoms with Crippen LogP contribution in [0.1, 0.15) is 32.6 Å².